The molecule has 8 heteroatoms. The molecular formula is C20H23NO7. The normalized spacial score (nSPS) is 11.5. The van der Waals surface area contributed by atoms with Crippen LogP contribution in [0, 0.1) is 13.8 Å². The van der Waals surface area contributed by atoms with E-state index in [1.807, 2.05) is 0 Å². The molecule has 150 valence electrons. The van der Waals surface area contributed by atoms with Crippen molar-refractivity contribution in [3.8, 4) is 11.5 Å². The molecule has 28 heavy (non-hydrogen) atoms. The molecule has 2 rings (SSSR count). The molecule has 0 unspecified atom stereocenters. The highest BCUT2D eigenvalue weighted by Gasteiger charge is 2.27. The number of esters is 2. The van der Waals surface area contributed by atoms with Crippen LogP contribution < -0.4 is 9.47 Å². The van der Waals surface area contributed by atoms with Gasteiger partial charge in [-0.05, 0) is 38.5 Å². The number of carbonyl (C=O) groups excluding carboxylic acids is 3. The number of ketones is 1. The minimum Gasteiger partial charge on any atom is -0.497 e. The van der Waals surface area contributed by atoms with Gasteiger partial charge in [0.25, 0.3) is 0 Å². The second-order valence-electron chi connectivity index (χ2n) is 6.13. The Kier molecular flexibility index (Phi) is 6.45. The van der Waals surface area contributed by atoms with Crippen LogP contribution in [0.4, 0.5) is 0 Å². The molecule has 0 fully saturated rings. The summed E-state index contributed by atoms with van der Waals surface area (Å²) >= 11 is 0. The number of hydrogen-bond acceptors (Lipinski definition) is 7. The van der Waals surface area contributed by atoms with Crippen molar-refractivity contribution >= 4 is 17.7 Å². The van der Waals surface area contributed by atoms with Gasteiger partial charge in [0.2, 0.25) is 5.78 Å². The van der Waals surface area contributed by atoms with E-state index in [1.54, 1.807) is 19.9 Å². The third-order valence-corrected chi connectivity index (χ3v) is 4.31. The third-order valence-electron chi connectivity index (χ3n) is 4.31. The number of carbonyl (C=O) groups is 3. The Balaban J connectivity index is 2.23. The summed E-state index contributed by atoms with van der Waals surface area (Å²) in [5.41, 5.74) is 1.62. The largest absolute Gasteiger partial charge is 0.497 e. The summed E-state index contributed by atoms with van der Waals surface area (Å²) in [5.74, 6) is -0.864. The fourth-order valence-corrected chi connectivity index (χ4v) is 2.82. The van der Waals surface area contributed by atoms with Crippen LogP contribution in [0.25, 0.3) is 0 Å². The second kappa shape index (κ2) is 8.60. The highest BCUT2D eigenvalue weighted by atomic mass is 16.5. The van der Waals surface area contributed by atoms with E-state index < -0.39 is 23.8 Å². The van der Waals surface area contributed by atoms with Gasteiger partial charge in [-0.15, -0.1) is 0 Å². The Hall–Kier alpha value is -3.29. The number of H-pyrrole nitrogens is 1. The van der Waals surface area contributed by atoms with E-state index in [0.29, 0.717) is 28.3 Å². The van der Waals surface area contributed by atoms with Crippen molar-refractivity contribution in [2.75, 3.05) is 21.3 Å². The number of rotatable bonds is 7. The van der Waals surface area contributed by atoms with Crippen LogP contribution in [0.15, 0.2) is 18.2 Å². The quantitative estimate of drug-likeness (QED) is 0.573. The number of methoxy groups -OCH3 is 3. The van der Waals surface area contributed by atoms with Gasteiger partial charge in [0, 0.05) is 11.8 Å². The van der Waals surface area contributed by atoms with Gasteiger partial charge in [0.05, 0.1) is 38.2 Å². The first-order valence-corrected chi connectivity index (χ1v) is 8.49. The Morgan fingerprint density at radius 3 is 2.00 bits per heavy atom. The van der Waals surface area contributed by atoms with Crippen molar-refractivity contribution in [3.63, 3.8) is 0 Å². The van der Waals surface area contributed by atoms with Crippen LogP contribution >= 0.6 is 0 Å². The standard InChI is InChI=1S/C20H23NO7/c1-10-16(20(24)27-6)11(2)21-17(10)18(22)12(3)28-19(23)13-7-14(25-4)9-15(8-13)26-5/h7-9,12,21H,1-6H3/t12-/m0/s1. The Labute approximate surface area is 162 Å². The monoisotopic (exact) mass is 389 g/mol. The van der Waals surface area contributed by atoms with Gasteiger partial charge in [-0.2, -0.15) is 0 Å². The predicted octanol–water partition coefficient (Wildman–Crippen LogP) is 2.86. The van der Waals surface area contributed by atoms with E-state index >= 15 is 0 Å². The lowest BCUT2D eigenvalue weighted by atomic mass is 10.1. The lowest BCUT2D eigenvalue weighted by Crippen LogP contribution is -2.25. The molecule has 0 saturated heterocycles. The molecule has 1 aromatic carbocycles. The third kappa shape index (κ3) is 4.16. The summed E-state index contributed by atoms with van der Waals surface area (Å²) in [6.45, 7) is 4.75. The van der Waals surface area contributed by atoms with Crippen molar-refractivity contribution < 1.29 is 33.3 Å². The van der Waals surface area contributed by atoms with E-state index in [4.69, 9.17) is 18.9 Å². The Morgan fingerprint density at radius 1 is 0.929 bits per heavy atom. The molecule has 0 bridgehead atoms. The summed E-state index contributed by atoms with van der Waals surface area (Å²) in [6.07, 6.45) is -1.08. The SMILES string of the molecule is COC(=O)c1c(C)[nH]c(C(=O)[C@H](C)OC(=O)c2cc(OC)cc(OC)c2)c1C. The number of nitrogens with one attached hydrogen (secondary N) is 1. The molecule has 0 aliphatic carbocycles. The van der Waals surface area contributed by atoms with Crippen molar-refractivity contribution in [2.45, 2.75) is 26.9 Å². The number of aryl methyl sites for hydroxylation is 1. The average molecular weight is 389 g/mol. The first-order valence-electron chi connectivity index (χ1n) is 8.49. The lowest BCUT2D eigenvalue weighted by Gasteiger charge is -2.13. The number of aromatic amines is 1. The van der Waals surface area contributed by atoms with E-state index in [-0.39, 0.29) is 11.3 Å². The topological polar surface area (TPSA) is 104 Å². The summed E-state index contributed by atoms with van der Waals surface area (Å²) in [5, 5.41) is 0. The second-order valence-corrected chi connectivity index (χ2v) is 6.13. The minimum atomic E-state index is -1.08. The molecule has 0 amide bonds. The van der Waals surface area contributed by atoms with Crippen molar-refractivity contribution in [3.05, 3.63) is 46.3 Å². The van der Waals surface area contributed by atoms with Crippen molar-refractivity contribution in [2.24, 2.45) is 0 Å². The fraction of sp³-hybridized carbons (Fsp3) is 0.350. The van der Waals surface area contributed by atoms with Crippen LogP contribution in [0.1, 0.15) is 49.4 Å². The minimum absolute atomic E-state index is 0.186. The van der Waals surface area contributed by atoms with E-state index in [1.165, 1.54) is 40.4 Å². The fourth-order valence-electron chi connectivity index (χ4n) is 2.82. The zero-order chi connectivity index (χ0) is 21.0. The summed E-state index contributed by atoms with van der Waals surface area (Å²) in [7, 11) is 4.19. The van der Waals surface area contributed by atoms with E-state index in [0.717, 1.165) is 0 Å². The lowest BCUT2D eigenvalue weighted by molar-refractivity contribution is 0.0316. The number of hydrogen-bond donors (Lipinski definition) is 1. The first kappa shape index (κ1) is 21.0. The molecule has 2 aromatic rings. The van der Waals surface area contributed by atoms with Gasteiger partial charge in [0.1, 0.15) is 11.5 Å². The first-order chi connectivity index (χ1) is 13.2. The summed E-state index contributed by atoms with van der Waals surface area (Å²) < 4.78 is 20.3. The highest BCUT2D eigenvalue weighted by Crippen LogP contribution is 2.24. The zero-order valence-electron chi connectivity index (χ0n) is 16.7. The Morgan fingerprint density at radius 2 is 1.50 bits per heavy atom. The summed E-state index contributed by atoms with van der Waals surface area (Å²) in [6, 6.07) is 4.59. The zero-order valence-corrected chi connectivity index (χ0v) is 16.7. The maximum Gasteiger partial charge on any atom is 0.339 e. The molecule has 1 aromatic heterocycles. The maximum absolute atomic E-state index is 12.7. The molecular weight excluding hydrogens is 366 g/mol. The molecule has 0 spiro atoms. The molecule has 0 aliphatic rings. The van der Waals surface area contributed by atoms with Gasteiger partial charge in [-0.3, -0.25) is 4.79 Å². The number of aromatic nitrogens is 1. The average Bonchev–Trinajstić information content (AvgIpc) is 3.00. The van der Waals surface area contributed by atoms with Crippen molar-refractivity contribution in [1.82, 2.24) is 4.98 Å². The van der Waals surface area contributed by atoms with Crippen LogP contribution in [0.2, 0.25) is 0 Å². The van der Waals surface area contributed by atoms with Crippen molar-refractivity contribution in [1.29, 1.82) is 0 Å². The number of benzene rings is 1. The van der Waals surface area contributed by atoms with Gasteiger partial charge in [0.15, 0.2) is 6.10 Å². The number of ether oxygens (including phenoxy) is 4. The smallest absolute Gasteiger partial charge is 0.339 e. The van der Waals surface area contributed by atoms with Gasteiger partial charge in [-0.1, -0.05) is 0 Å². The van der Waals surface area contributed by atoms with Crippen LogP contribution in [-0.2, 0) is 9.47 Å². The van der Waals surface area contributed by atoms with Crippen LogP contribution in [0.5, 0.6) is 11.5 Å². The van der Waals surface area contributed by atoms with Gasteiger partial charge in [-0.25, -0.2) is 9.59 Å². The van der Waals surface area contributed by atoms with E-state index in [2.05, 4.69) is 4.98 Å². The van der Waals surface area contributed by atoms with Gasteiger partial charge < -0.3 is 23.9 Å². The molecule has 1 atom stereocenters. The summed E-state index contributed by atoms with van der Waals surface area (Å²) in [4.78, 5) is 40.0. The van der Waals surface area contributed by atoms with Crippen LogP contribution in [-0.4, -0.2) is 50.1 Å². The highest BCUT2D eigenvalue weighted by molar-refractivity contribution is 6.04. The number of Topliss-reactive ketones (excluding diaryl/α,β-unsaturated/α-hetero) is 1. The van der Waals surface area contributed by atoms with E-state index in [9.17, 15) is 14.4 Å². The van der Waals surface area contributed by atoms with Crippen LogP contribution in [0.3, 0.4) is 0 Å². The van der Waals surface area contributed by atoms with Gasteiger partial charge >= 0.3 is 11.9 Å². The molecule has 0 saturated carbocycles. The molecule has 1 heterocycles. The maximum atomic E-state index is 12.7. The molecule has 0 radical (unpaired) electrons. The molecule has 0 aliphatic heterocycles. The Bertz CT molecular complexity index is 891. The molecule has 8 nitrogen and oxygen atoms in total. The predicted molar refractivity (Wildman–Crippen MR) is 100 cm³/mol. The molecule has 1 N–H and O–H groups in total.